The van der Waals surface area contributed by atoms with Crippen molar-refractivity contribution < 1.29 is 14.4 Å². The maximum absolute atomic E-state index is 13.0. The second kappa shape index (κ2) is 14.0. The van der Waals surface area contributed by atoms with E-state index >= 15 is 0 Å². The summed E-state index contributed by atoms with van der Waals surface area (Å²) in [4.78, 5) is 44.5. The number of halogens is 1. The van der Waals surface area contributed by atoms with Crippen LogP contribution in [-0.4, -0.2) is 58.9 Å². The number of benzene rings is 2. The van der Waals surface area contributed by atoms with Crippen molar-refractivity contribution in [3.05, 3.63) is 115 Å². The Morgan fingerprint density at radius 2 is 1.85 bits per heavy atom. The van der Waals surface area contributed by atoms with Crippen molar-refractivity contribution in [3.8, 4) is 28.7 Å². The molecule has 13 heteroatoms. The number of hydrogen-bond acceptors (Lipinski definition) is 8. The van der Waals surface area contributed by atoms with E-state index in [0.717, 1.165) is 67.0 Å². The van der Waals surface area contributed by atoms with E-state index in [9.17, 15) is 14.4 Å². The van der Waals surface area contributed by atoms with Crippen LogP contribution < -0.4 is 5.32 Å². The van der Waals surface area contributed by atoms with Crippen LogP contribution in [0.15, 0.2) is 59.9 Å². The molecule has 3 amide bonds. The Hall–Kier alpha value is -5.82. The van der Waals surface area contributed by atoms with Crippen LogP contribution >= 0.6 is 22.9 Å². The molecular weight excluding hydrogens is 708 g/mol. The molecule has 0 spiro atoms. The number of carbonyl (C=O) groups excluding carboxylic acids is 3. The molecule has 3 aliphatic rings. The van der Waals surface area contributed by atoms with E-state index in [-0.39, 0.29) is 24.3 Å². The van der Waals surface area contributed by atoms with E-state index in [1.165, 1.54) is 0 Å². The molecule has 8 rings (SSSR count). The van der Waals surface area contributed by atoms with E-state index in [4.69, 9.17) is 16.6 Å². The summed E-state index contributed by atoms with van der Waals surface area (Å²) >= 11 is 7.83. The number of rotatable bonds is 5. The number of aryl methyl sites for hydroxylation is 2. The van der Waals surface area contributed by atoms with Gasteiger partial charge in [-0.05, 0) is 75.1 Å². The van der Waals surface area contributed by atoms with Crippen molar-refractivity contribution in [1.29, 1.82) is 0 Å². The van der Waals surface area contributed by atoms with Crippen LogP contribution in [0.4, 0.5) is 0 Å². The number of nitrogens with zero attached hydrogens (tertiary/aromatic N) is 7. The molecule has 2 aromatic carbocycles. The van der Waals surface area contributed by atoms with Gasteiger partial charge in [-0.3, -0.25) is 33.9 Å². The number of carbonyl (C=O) groups is 3. The number of aliphatic imine (C=N–C) groups is 1. The molecule has 3 aromatic heterocycles. The van der Waals surface area contributed by atoms with Crippen molar-refractivity contribution in [1.82, 2.24) is 34.8 Å². The zero-order chi connectivity index (χ0) is 36.8. The second-order valence-corrected chi connectivity index (χ2v) is 14.7. The Labute approximate surface area is 315 Å². The highest BCUT2D eigenvalue weighted by Crippen LogP contribution is 2.39. The third-order valence-corrected chi connectivity index (χ3v) is 11.1. The summed E-state index contributed by atoms with van der Waals surface area (Å²) in [6.07, 6.45) is 5.76. The van der Waals surface area contributed by atoms with Gasteiger partial charge in [0.05, 0.1) is 22.3 Å². The zero-order valence-electron chi connectivity index (χ0n) is 29.2. The number of piperidine rings is 1. The first-order valence-electron chi connectivity index (χ1n) is 17.4. The van der Waals surface area contributed by atoms with E-state index in [0.29, 0.717) is 36.5 Å². The number of thiophene rings is 1. The third kappa shape index (κ3) is 6.56. The van der Waals surface area contributed by atoms with Crippen LogP contribution in [-0.2, 0) is 22.7 Å². The molecule has 5 aromatic rings. The van der Waals surface area contributed by atoms with Gasteiger partial charge in [0.25, 0.3) is 5.91 Å². The minimum absolute atomic E-state index is 0.182. The van der Waals surface area contributed by atoms with Gasteiger partial charge in [-0.1, -0.05) is 47.4 Å². The lowest BCUT2D eigenvalue weighted by molar-refractivity contribution is -0.136. The molecule has 3 aliphatic heterocycles. The summed E-state index contributed by atoms with van der Waals surface area (Å²) in [6.45, 7) is 7.10. The monoisotopic (exact) mass is 740 g/mol. The lowest BCUT2D eigenvalue weighted by Gasteiger charge is -2.29. The van der Waals surface area contributed by atoms with E-state index < -0.39 is 11.9 Å². The molecule has 11 nitrogen and oxygen atoms in total. The van der Waals surface area contributed by atoms with Gasteiger partial charge in [-0.15, -0.1) is 21.5 Å². The fourth-order valence-corrected chi connectivity index (χ4v) is 8.27. The molecule has 2 atom stereocenters. The van der Waals surface area contributed by atoms with Crippen LogP contribution in [0.3, 0.4) is 0 Å². The standard InChI is InChI=1S/C40H33ClN8O3S/c1-23-33(53-40-35(23)36(28-10-12-30(41)13-11-28)43-24(2)37-46-45-25(3)49(37)40)16-9-27-20-42-47(21-27)18-6-4-5-7-26-8-14-31-29(19-26)22-48(39(31)52)32-15-17-34(50)44-38(32)51/h8,10-14,19-21,24,32H,4,6,15,17-18,22H2,1-3H3,(H,44,50,51)/t24-,32?/m0/s1. The topological polar surface area (TPSA) is 127 Å². The van der Waals surface area contributed by atoms with Gasteiger partial charge in [0.1, 0.15) is 22.9 Å². The first-order valence-corrected chi connectivity index (χ1v) is 18.5. The number of imide groups is 1. The van der Waals surface area contributed by atoms with E-state index in [2.05, 4.69) is 55.8 Å². The van der Waals surface area contributed by atoms with Crippen molar-refractivity contribution >= 4 is 46.4 Å². The molecule has 0 saturated carbocycles. The summed E-state index contributed by atoms with van der Waals surface area (Å²) in [5.74, 6) is 13.8. The van der Waals surface area contributed by atoms with Crippen molar-refractivity contribution in [2.24, 2.45) is 4.99 Å². The van der Waals surface area contributed by atoms with Crippen LogP contribution in [0.2, 0.25) is 5.02 Å². The first kappa shape index (κ1) is 34.3. The van der Waals surface area contributed by atoms with E-state index in [1.54, 1.807) is 28.5 Å². The highest BCUT2D eigenvalue weighted by Gasteiger charge is 2.39. The van der Waals surface area contributed by atoms with Crippen LogP contribution in [0.25, 0.3) is 5.00 Å². The molecule has 264 valence electrons. The van der Waals surface area contributed by atoms with Crippen LogP contribution in [0, 0.1) is 37.5 Å². The Morgan fingerprint density at radius 3 is 2.66 bits per heavy atom. The summed E-state index contributed by atoms with van der Waals surface area (Å²) < 4.78 is 3.98. The maximum Gasteiger partial charge on any atom is 0.255 e. The second-order valence-electron chi connectivity index (χ2n) is 13.3. The van der Waals surface area contributed by atoms with Gasteiger partial charge in [0.15, 0.2) is 5.82 Å². The maximum atomic E-state index is 13.0. The third-order valence-electron chi connectivity index (χ3n) is 9.63. The van der Waals surface area contributed by atoms with Gasteiger partial charge in [0, 0.05) is 59.4 Å². The van der Waals surface area contributed by atoms with Gasteiger partial charge in [-0.2, -0.15) is 5.10 Å². The average molecular weight is 741 g/mol. The number of unbranched alkanes of at least 4 members (excludes halogenated alkanes) is 1. The molecule has 0 aliphatic carbocycles. The fourth-order valence-electron chi connectivity index (χ4n) is 6.92. The average Bonchev–Trinajstić information content (AvgIpc) is 3.90. The van der Waals surface area contributed by atoms with Gasteiger partial charge >= 0.3 is 0 Å². The Bertz CT molecular complexity index is 2490. The highest BCUT2D eigenvalue weighted by atomic mass is 35.5. The van der Waals surface area contributed by atoms with Gasteiger partial charge in [-0.25, -0.2) is 0 Å². The van der Waals surface area contributed by atoms with Crippen molar-refractivity contribution in [3.63, 3.8) is 0 Å². The smallest absolute Gasteiger partial charge is 0.255 e. The quantitative estimate of drug-likeness (QED) is 0.140. The summed E-state index contributed by atoms with van der Waals surface area (Å²) in [7, 11) is 0. The predicted molar refractivity (Wildman–Crippen MR) is 201 cm³/mol. The molecule has 6 heterocycles. The summed E-state index contributed by atoms with van der Waals surface area (Å²) in [5.41, 5.74) is 6.99. The lowest BCUT2D eigenvalue weighted by atomic mass is 9.99. The number of nitrogens with one attached hydrogen (secondary N) is 1. The molecule has 0 radical (unpaired) electrons. The molecule has 1 saturated heterocycles. The van der Waals surface area contributed by atoms with Crippen LogP contribution in [0.5, 0.6) is 0 Å². The fraction of sp³-hybridized carbons (Fsp3) is 0.275. The van der Waals surface area contributed by atoms with Crippen molar-refractivity contribution in [2.45, 2.75) is 71.6 Å². The molecule has 0 bridgehead atoms. The normalized spacial score (nSPS) is 17.5. The number of aromatic nitrogens is 5. The molecule has 1 unspecified atom stereocenters. The SMILES string of the molecule is Cc1c(C#Cc2cnn(CCCC#Cc3ccc4c(c3)CN(C3CCC(=O)NC3=O)C4=O)c2)sc2c1C(c1ccc(Cl)cc1)=N[C@@H](C)c1nnc(C)n1-2. The van der Waals surface area contributed by atoms with E-state index in [1.807, 2.05) is 61.1 Å². The number of amides is 3. The molecule has 1 fully saturated rings. The Kier molecular flexibility index (Phi) is 9.03. The number of hydrogen-bond donors (Lipinski definition) is 1. The Morgan fingerprint density at radius 1 is 1.02 bits per heavy atom. The largest absolute Gasteiger partial charge is 0.322 e. The zero-order valence-corrected chi connectivity index (χ0v) is 30.8. The molecule has 1 N–H and O–H groups in total. The predicted octanol–water partition coefficient (Wildman–Crippen LogP) is 5.70. The minimum Gasteiger partial charge on any atom is -0.322 e. The minimum atomic E-state index is -0.632. The summed E-state index contributed by atoms with van der Waals surface area (Å²) in [6, 6.07) is 12.5. The molecular formula is C40H33ClN8O3S. The summed E-state index contributed by atoms with van der Waals surface area (Å²) in [5, 5.41) is 17.4. The van der Waals surface area contributed by atoms with Gasteiger partial charge < -0.3 is 4.90 Å². The molecule has 53 heavy (non-hydrogen) atoms. The first-order chi connectivity index (χ1) is 25.6. The van der Waals surface area contributed by atoms with Crippen molar-refractivity contribution in [2.75, 3.05) is 0 Å². The van der Waals surface area contributed by atoms with Gasteiger partial charge in [0.2, 0.25) is 11.8 Å². The van der Waals surface area contributed by atoms with Crippen LogP contribution in [0.1, 0.15) is 98.9 Å². The number of fused-ring (bicyclic) bond motifs is 4. The Balaban J connectivity index is 0.929. The highest BCUT2D eigenvalue weighted by molar-refractivity contribution is 7.15. The lowest BCUT2D eigenvalue weighted by Crippen LogP contribution is -2.52.